The minimum Gasteiger partial charge on any atom is -0.456 e. The van der Waals surface area contributed by atoms with Gasteiger partial charge in [0.1, 0.15) is 12.2 Å². The van der Waals surface area contributed by atoms with Crippen LogP contribution in [0.3, 0.4) is 0 Å². The summed E-state index contributed by atoms with van der Waals surface area (Å²) in [5.74, 6) is -3.50. The lowest BCUT2D eigenvalue weighted by molar-refractivity contribution is -0.302. The van der Waals surface area contributed by atoms with Crippen LogP contribution in [0.15, 0.2) is 41.5 Å². The number of aliphatic hydroxyl groups excluding tert-OH is 1. The molecule has 1 aromatic carbocycles. The van der Waals surface area contributed by atoms with Crippen LogP contribution >= 0.6 is 0 Å². The molecule has 3 N–H and O–H groups in total. The fraction of sp³-hybridized carbons (Fsp3) is 0.658. The summed E-state index contributed by atoms with van der Waals surface area (Å²) in [7, 11) is 4.17. The van der Waals surface area contributed by atoms with Crippen molar-refractivity contribution in [3.8, 4) is 0 Å². The number of carbonyl (C=O) groups is 5. The molecule has 52 heavy (non-hydrogen) atoms. The van der Waals surface area contributed by atoms with Crippen molar-refractivity contribution in [1.82, 2.24) is 10.1 Å². The van der Waals surface area contributed by atoms with Crippen LogP contribution in [0.5, 0.6) is 0 Å². The number of rotatable bonds is 10. The first-order valence-corrected chi connectivity index (χ1v) is 17.9. The van der Waals surface area contributed by atoms with Gasteiger partial charge in [-0.3, -0.25) is 9.59 Å². The van der Waals surface area contributed by atoms with Crippen molar-refractivity contribution in [1.29, 1.82) is 0 Å². The maximum atomic E-state index is 15.4. The van der Waals surface area contributed by atoms with E-state index in [1.807, 2.05) is 13.8 Å². The van der Waals surface area contributed by atoms with Crippen molar-refractivity contribution in [2.24, 2.45) is 28.1 Å². The second-order valence-electron chi connectivity index (χ2n) is 16.0. The number of Topliss-reactive ketones (excluding diaryl/α,β-unsaturated/α-hetero) is 1. The van der Waals surface area contributed by atoms with Crippen molar-refractivity contribution in [3.63, 3.8) is 0 Å². The molecule has 5 rings (SSSR count). The van der Waals surface area contributed by atoms with Gasteiger partial charge in [0.25, 0.3) is 7.41 Å². The number of hydrogen-bond acceptors (Lipinski definition) is 12. The van der Waals surface area contributed by atoms with Crippen LogP contribution in [0.25, 0.3) is 0 Å². The number of carbonyl (C=O) groups excluding carboxylic acids is 5. The zero-order chi connectivity index (χ0) is 38.6. The maximum Gasteiger partial charge on any atom is 0.409 e. The molecule has 283 valence electrons. The normalized spacial score (nSPS) is 35.9. The third-order valence-corrected chi connectivity index (χ3v) is 12.7. The van der Waals surface area contributed by atoms with E-state index in [9.17, 15) is 29.4 Å². The molecule has 2 bridgehead atoms. The highest BCUT2D eigenvalue weighted by molar-refractivity contribution is 6.64. The number of ether oxygens (including phenoxy) is 4. The lowest BCUT2D eigenvalue weighted by atomic mass is 9.40. The van der Waals surface area contributed by atoms with Gasteiger partial charge in [0, 0.05) is 44.2 Å². The Bertz CT molecular complexity index is 1620. The smallest absolute Gasteiger partial charge is 0.409 e. The Balaban J connectivity index is 1.66. The van der Waals surface area contributed by atoms with Gasteiger partial charge in [0.15, 0.2) is 18.0 Å². The molecule has 1 saturated heterocycles. The van der Waals surface area contributed by atoms with E-state index >= 15 is 4.79 Å². The number of nitrogens with one attached hydrogen (secondary N) is 1. The highest BCUT2D eigenvalue weighted by Crippen LogP contribution is 2.67. The molecule has 4 aliphatic rings. The number of fused-ring (bicyclic) bond motifs is 5. The largest absolute Gasteiger partial charge is 0.456 e. The first kappa shape index (κ1) is 39.6. The van der Waals surface area contributed by atoms with E-state index in [0.29, 0.717) is 17.3 Å². The van der Waals surface area contributed by atoms with Crippen molar-refractivity contribution in [2.75, 3.05) is 20.7 Å². The second-order valence-corrected chi connectivity index (χ2v) is 16.0. The van der Waals surface area contributed by atoms with Gasteiger partial charge in [-0.2, -0.15) is 0 Å². The molecule has 3 aliphatic carbocycles. The number of hydrogen-bond donors (Lipinski definition) is 3. The van der Waals surface area contributed by atoms with Crippen LogP contribution in [-0.4, -0.2) is 109 Å². The summed E-state index contributed by atoms with van der Waals surface area (Å²) >= 11 is 0. The highest BCUT2D eigenvalue weighted by atomic mass is 16.6. The first-order valence-electron chi connectivity index (χ1n) is 17.9. The van der Waals surface area contributed by atoms with Gasteiger partial charge in [0.05, 0.1) is 36.0 Å². The molecule has 0 aromatic heterocycles. The summed E-state index contributed by atoms with van der Waals surface area (Å²) < 4.78 is 24.2. The quantitative estimate of drug-likeness (QED) is 0.106. The summed E-state index contributed by atoms with van der Waals surface area (Å²) in [5.41, 5.74) is -3.79. The zero-order valence-corrected chi connectivity index (χ0v) is 31.5. The minimum absolute atomic E-state index is 0.0414. The molecule has 3 fully saturated rings. The van der Waals surface area contributed by atoms with Gasteiger partial charge in [0.2, 0.25) is 0 Å². The minimum atomic E-state index is -1.78. The Morgan fingerprint density at radius 1 is 1.12 bits per heavy atom. The number of nitrogens with zero attached hydrogens (tertiary/aromatic N) is 1. The van der Waals surface area contributed by atoms with E-state index in [2.05, 4.69) is 5.23 Å². The average Bonchev–Trinajstić information content (AvgIpc) is 3.10. The van der Waals surface area contributed by atoms with E-state index in [0.717, 1.165) is 7.41 Å². The molecule has 0 unspecified atom stereocenters. The summed E-state index contributed by atoms with van der Waals surface area (Å²) in [4.78, 5) is 68.0. The molecule has 1 amide bonds. The third kappa shape index (κ3) is 6.18. The van der Waals surface area contributed by atoms with E-state index in [-0.39, 0.29) is 31.4 Å². The molecular formula is C38H52BN2O11. The fourth-order valence-corrected chi connectivity index (χ4v) is 9.76. The SMILES string of the molecule is CCC(=O)O[C@H]1C(=O)[C@]2(C)[C@@H](OC(=O)N(C)C)C[C@H]3OC[C@@]3(C)[C@H]2[C@H](C)[C@]2(O)C[C@H](OC(=O)[C@H](O)[C@@H](N[B]C=O)c3ccccc3)C(C)=C1C2(C)C. The monoisotopic (exact) mass is 723 g/mol. The zero-order valence-electron chi connectivity index (χ0n) is 31.5. The highest BCUT2D eigenvalue weighted by Gasteiger charge is 2.74. The van der Waals surface area contributed by atoms with Gasteiger partial charge >= 0.3 is 18.0 Å². The topological polar surface area (TPSA) is 178 Å². The van der Waals surface area contributed by atoms with E-state index in [1.165, 1.54) is 4.90 Å². The molecule has 1 radical (unpaired) electrons. The van der Waals surface area contributed by atoms with Crippen molar-refractivity contribution >= 4 is 37.4 Å². The van der Waals surface area contributed by atoms with Crippen LogP contribution in [0.4, 0.5) is 4.79 Å². The lowest BCUT2D eigenvalue weighted by Crippen LogP contribution is -2.75. The molecule has 2 saturated carbocycles. The first-order chi connectivity index (χ1) is 24.3. The Hall–Kier alpha value is -3.59. The number of ketones is 1. The van der Waals surface area contributed by atoms with Gasteiger partial charge < -0.3 is 44.1 Å². The van der Waals surface area contributed by atoms with Gasteiger partial charge in [-0.25, -0.2) is 9.59 Å². The summed E-state index contributed by atoms with van der Waals surface area (Å²) in [6, 6.07) is 7.55. The molecule has 11 atom stereocenters. The average molecular weight is 724 g/mol. The summed E-state index contributed by atoms with van der Waals surface area (Å²) in [5, 5.41) is 27.3. The van der Waals surface area contributed by atoms with Gasteiger partial charge in [-0.05, 0) is 42.4 Å². The summed E-state index contributed by atoms with van der Waals surface area (Å²) in [6.07, 6.45) is -5.90. The Morgan fingerprint density at radius 3 is 2.33 bits per heavy atom. The van der Waals surface area contributed by atoms with E-state index in [4.69, 9.17) is 18.9 Å². The van der Waals surface area contributed by atoms with Crippen LogP contribution in [0.1, 0.15) is 79.3 Å². The van der Waals surface area contributed by atoms with Gasteiger partial charge in [-0.1, -0.05) is 65.0 Å². The fourth-order valence-electron chi connectivity index (χ4n) is 9.76. The predicted molar refractivity (Wildman–Crippen MR) is 189 cm³/mol. The standard InChI is InChI=1S/C38H52BN2O11/c1-10-26(43)52-30-27-20(2)23(50-33(46)29(44)28(40-39-19-42)22-14-12-11-13-15-22)17-38(48,35(27,4)5)21(3)31-36(6)18-49-24(36)16-25(37(31,7)32(30)45)51-34(47)41(8)9/h11-15,19,21,23-25,28-31,40,44,48H,10,16-18H2,1-9H3/t21-,23-,24+,25-,28-,29+,30+,31+,36+,37+,38+/m0/s1. The number of aliphatic hydroxyl groups is 2. The molecule has 14 heteroatoms. The maximum absolute atomic E-state index is 15.4. The predicted octanol–water partition coefficient (Wildman–Crippen LogP) is 2.92. The number of amides is 1. The van der Waals surface area contributed by atoms with Crippen LogP contribution in [-0.2, 0) is 38.1 Å². The van der Waals surface area contributed by atoms with Crippen molar-refractivity contribution in [3.05, 3.63) is 47.0 Å². The molecule has 1 aromatic rings. The molecule has 1 aliphatic heterocycles. The Labute approximate surface area is 306 Å². The lowest BCUT2D eigenvalue weighted by Gasteiger charge is -2.68. The summed E-state index contributed by atoms with van der Waals surface area (Å²) in [6.45, 7) is 12.8. The van der Waals surface area contributed by atoms with E-state index in [1.54, 1.807) is 79.0 Å². The second kappa shape index (κ2) is 14.3. The Kier molecular flexibility index (Phi) is 10.9. The molecule has 1 heterocycles. The molecule has 13 nitrogen and oxygen atoms in total. The van der Waals surface area contributed by atoms with Crippen LogP contribution in [0.2, 0.25) is 0 Å². The van der Waals surface area contributed by atoms with E-state index < -0.39 is 94.1 Å². The molecule has 0 spiro atoms. The Morgan fingerprint density at radius 2 is 1.77 bits per heavy atom. The van der Waals surface area contributed by atoms with Crippen LogP contribution < -0.4 is 5.23 Å². The van der Waals surface area contributed by atoms with Gasteiger partial charge in [-0.15, -0.1) is 0 Å². The third-order valence-electron chi connectivity index (χ3n) is 12.7. The van der Waals surface area contributed by atoms with Crippen molar-refractivity contribution < 1.29 is 53.1 Å². The number of benzene rings is 1. The number of esters is 2. The van der Waals surface area contributed by atoms with Crippen LogP contribution in [0, 0.1) is 28.1 Å². The molecular weight excluding hydrogens is 671 g/mol. The van der Waals surface area contributed by atoms with Crippen molar-refractivity contribution in [2.45, 2.75) is 110 Å².